The predicted molar refractivity (Wildman–Crippen MR) is 81.8 cm³/mol. The lowest BCUT2D eigenvalue weighted by Crippen LogP contribution is -2.32. The predicted octanol–water partition coefficient (Wildman–Crippen LogP) is 4.50. The molecule has 0 spiro atoms. The lowest BCUT2D eigenvalue weighted by Gasteiger charge is -2.38. The van der Waals surface area contributed by atoms with E-state index in [-0.39, 0.29) is 0 Å². The number of carbonyl (C=O) groups is 1. The molecule has 1 rings (SSSR count). The Morgan fingerprint density at radius 2 is 1.95 bits per heavy atom. The van der Waals surface area contributed by atoms with Gasteiger partial charge in [-0.3, -0.25) is 4.79 Å². The van der Waals surface area contributed by atoms with Crippen molar-refractivity contribution >= 4 is 5.97 Å². The molecular weight excluding hydrogens is 252 g/mol. The number of carboxylic acid groups (broad SMARTS) is 1. The number of hydrogen-bond donors (Lipinski definition) is 1. The summed E-state index contributed by atoms with van der Waals surface area (Å²) in [7, 11) is 0. The van der Waals surface area contributed by atoms with Crippen molar-refractivity contribution in [2.24, 2.45) is 16.7 Å². The average molecular weight is 284 g/mol. The Morgan fingerprint density at radius 1 is 1.30 bits per heavy atom. The summed E-state index contributed by atoms with van der Waals surface area (Å²) in [4.78, 5) is 11.0. The van der Waals surface area contributed by atoms with E-state index in [1.807, 2.05) is 0 Å². The topological polar surface area (TPSA) is 46.5 Å². The van der Waals surface area contributed by atoms with Gasteiger partial charge in [0.05, 0.1) is 11.5 Å². The van der Waals surface area contributed by atoms with E-state index in [1.165, 1.54) is 12.8 Å². The summed E-state index contributed by atoms with van der Waals surface area (Å²) in [6, 6.07) is 0. The monoisotopic (exact) mass is 284 g/mol. The molecule has 1 saturated carbocycles. The zero-order chi connectivity index (χ0) is 15.4. The van der Waals surface area contributed by atoms with Crippen LogP contribution in [0.2, 0.25) is 0 Å². The highest BCUT2D eigenvalue weighted by atomic mass is 16.5. The molecule has 0 radical (unpaired) electrons. The number of carboxylic acids is 1. The number of ether oxygens (including phenoxy) is 1. The summed E-state index contributed by atoms with van der Waals surface area (Å²) in [5.41, 5.74) is -0.213. The summed E-state index contributed by atoms with van der Waals surface area (Å²) in [6.45, 7) is 11.3. The van der Waals surface area contributed by atoms with Crippen molar-refractivity contribution in [1.29, 1.82) is 0 Å². The van der Waals surface area contributed by atoms with Crippen LogP contribution < -0.4 is 0 Å². The molecule has 2 atom stereocenters. The Labute approximate surface area is 124 Å². The molecule has 0 aromatic rings. The van der Waals surface area contributed by atoms with Crippen LogP contribution >= 0.6 is 0 Å². The fraction of sp³-hybridized carbons (Fsp3) is 0.941. The minimum atomic E-state index is -0.707. The second-order valence-electron chi connectivity index (χ2n) is 8.05. The molecule has 0 aromatic heterocycles. The molecular formula is C17H32O3. The van der Waals surface area contributed by atoms with Gasteiger partial charge in [-0.2, -0.15) is 0 Å². The first kappa shape index (κ1) is 17.5. The van der Waals surface area contributed by atoms with Crippen LogP contribution in [0, 0.1) is 16.7 Å². The van der Waals surface area contributed by atoms with Crippen LogP contribution in [0.15, 0.2) is 0 Å². The van der Waals surface area contributed by atoms with E-state index < -0.39 is 11.4 Å². The lowest BCUT2D eigenvalue weighted by molar-refractivity contribution is -0.147. The second-order valence-corrected chi connectivity index (χ2v) is 8.05. The quantitative estimate of drug-likeness (QED) is 0.700. The van der Waals surface area contributed by atoms with E-state index in [2.05, 4.69) is 20.8 Å². The Morgan fingerprint density at radius 3 is 2.50 bits per heavy atom. The van der Waals surface area contributed by atoms with E-state index in [0.29, 0.717) is 11.5 Å². The number of aliphatic carboxylic acids is 1. The van der Waals surface area contributed by atoms with Gasteiger partial charge in [0.2, 0.25) is 0 Å². The third kappa shape index (κ3) is 5.82. The van der Waals surface area contributed by atoms with Gasteiger partial charge in [-0.05, 0) is 57.3 Å². The molecule has 1 fully saturated rings. The van der Waals surface area contributed by atoms with Crippen LogP contribution in [-0.2, 0) is 9.53 Å². The minimum Gasteiger partial charge on any atom is -0.481 e. The molecule has 1 aliphatic carbocycles. The smallest absolute Gasteiger partial charge is 0.309 e. The first-order chi connectivity index (χ1) is 9.12. The van der Waals surface area contributed by atoms with Gasteiger partial charge in [0.1, 0.15) is 0 Å². The maximum atomic E-state index is 11.0. The molecule has 0 aliphatic heterocycles. The first-order valence-electron chi connectivity index (χ1n) is 7.97. The SMILES string of the molecule is CC1CC(OCCCCC(C)(C)C(=O)O)CC(C)(C)C1. The molecule has 118 valence electrons. The van der Waals surface area contributed by atoms with Gasteiger partial charge in [-0.25, -0.2) is 0 Å². The summed E-state index contributed by atoms with van der Waals surface area (Å²) in [5, 5.41) is 9.06. The summed E-state index contributed by atoms with van der Waals surface area (Å²) >= 11 is 0. The number of unbranched alkanes of at least 4 members (excludes halogenated alkanes) is 1. The van der Waals surface area contributed by atoms with Crippen molar-refractivity contribution in [3.05, 3.63) is 0 Å². The molecule has 1 N–H and O–H groups in total. The van der Waals surface area contributed by atoms with Gasteiger partial charge < -0.3 is 9.84 Å². The van der Waals surface area contributed by atoms with Gasteiger partial charge in [-0.1, -0.05) is 27.2 Å². The van der Waals surface area contributed by atoms with Crippen molar-refractivity contribution in [2.75, 3.05) is 6.61 Å². The molecule has 3 heteroatoms. The molecule has 0 bridgehead atoms. The molecule has 0 aromatic carbocycles. The summed E-state index contributed by atoms with van der Waals surface area (Å²) in [6.07, 6.45) is 6.61. The van der Waals surface area contributed by atoms with Gasteiger partial charge in [-0.15, -0.1) is 0 Å². The van der Waals surface area contributed by atoms with E-state index in [1.54, 1.807) is 13.8 Å². The van der Waals surface area contributed by atoms with Gasteiger partial charge in [0, 0.05) is 6.61 Å². The molecule has 3 nitrogen and oxygen atoms in total. The van der Waals surface area contributed by atoms with Crippen LogP contribution in [0.3, 0.4) is 0 Å². The van der Waals surface area contributed by atoms with Gasteiger partial charge in [0.25, 0.3) is 0 Å². The maximum Gasteiger partial charge on any atom is 0.309 e. The Kier molecular flexibility index (Phi) is 6.06. The highest BCUT2D eigenvalue weighted by Crippen LogP contribution is 2.39. The highest BCUT2D eigenvalue weighted by molar-refractivity contribution is 5.73. The molecule has 0 amide bonds. The van der Waals surface area contributed by atoms with Crippen LogP contribution in [-0.4, -0.2) is 23.8 Å². The summed E-state index contributed by atoms with van der Waals surface area (Å²) in [5.74, 6) is 0.0379. The Balaban J connectivity index is 2.20. The van der Waals surface area contributed by atoms with E-state index in [9.17, 15) is 4.79 Å². The zero-order valence-corrected chi connectivity index (χ0v) is 13.9. The third-order valence-electron chi connectivity index (χ3n) is 4.48. The van der Waals surface area contributed by atoms with Gasteiger partial charge in [0.15, 0.2) is 0 Å². The molecule has 20 heavy (non-hydrogen) atoms. The standard InChI is InChI=1S/C17H32O3/c1-13-10-14(12-16(2,3)11-13)20-9-7-6-8-17(4,5)15(18)19/h13-14H,6-12H2,1-5H3,(H,18,19). The largest absolute Gasteiger partial charge is 0.481 e. The number of hydrogen-bond acceptors (Lipinski definition) is 2. The van der Waals surface area contributed by atoms with E-state index in [0.717, 1.165) is 38.2 Å². The van der Waals surface area contributed by atoms with Crippen LogP contribution in [0.1, 0.15) is 73.1 Å². The van der Waals surface area contributed by atoms with Crippen LogP contribution in [0.25, 0.3) is 0 Å². The molecule has 0 saturated heterocycles. The maximum absolute atomic E-state index is 11.0. The second kappa shape index (κ2) is 6.93. The van der Waals surface area contributed by atoms with E-state index >= 15 is 0 Å². The minimum absolute atomic E-state index is 0.390. The zero-order valence-electron chi connectivity index (χ0n) is 13.9. The van der Waals surface area contributed by atoms with Crippen molar-refractivity contribution in [3.63, 3.8) is 0 Å². The molecule has 2 unspecified atom stereocenters. The van der Waals surface area contributed by atoms with Crippen LogP contribution in [0.4, 0.5) is 0 Å². The molecule has 0 heterocycles. The van der Waals surface area contributed by atoms with Crippen LogP contribution in [0.5, 0.6) is 0 Å². The van der Waals surface area contributed by atoms with Crippen molar-refractivity contribution in [1.82, 2.24) is 0 Å². The molecule has 1 aliphatic rings. The van der Waals surface area contributed by atoms with E-state index in [4.69, 9.17) is 9.84 Å². The summed E-state index contributed by atoms with van der Waals surface area (Å²) < 4.78 is 6.02. The fourth-order valence-corrected chi connectivity index (χ4v) is 3.41. The number of rotatable bonds is 7. The van der Waals surface area contributed by atoms with Crippen molar-refractivity contribution in [2.45, 2.75) is 79.2 Å². The van der Waals surface area contributed by atoms with Crippen molar-refractivity contribution in [3.8, 4) is 0 Å². The normalized spacial score (nSPS) is 26.4. The van der Waals surface area contributed by atoms with Gasteiger partial charge >= 0.3 is 5.97 Å². The lowest BCUT2D eigenvalue weighted by atomic mass is 9.71. The van der Waals surface area contributed by atoms with Crippen molar-refractivity contribution < 1.29 is 14.6 Å². The Hall–Kier alpha value is -0.570. The fourth-order valence-electron chi connectivity index (χ4n) is 3.41. The average Bonchev–Trinajstić information content (AvgIpc) is 2.25. The third-order valence-corrected chi connectivity index (χ3v) is 4.48. The Bertz CT molecular complexity index is 320. The first-order valence-corrected chi connectivity index (χ1v) is 7.97. The highest BCUT2D eigenvalue weighted by Gasteiger charge is 2.32.